The molecule has 1 aromatic rings. The number of piperidine rings is 1. The van der Waals surface area contributed by atoms with Crippen LogP contribution in [0.1, 0.15) is 29.9 Å². The van der Waals surface area contributed by atoms with E-state index in [1.807, 2.05) is 0 Å². The van der Waals surface area contributed by atoms with Crippen molar-refractivity contribution in [2.75, 3.05) is 19.7 Å². The van der Waals surface area contributed by atoms with Crippen LogP contribution in [0.25, 0.3) is 0 Å². The Labute approximate surface area is 99.0 Å². The highest BCUT2D eigenvalue weighted by molar-refractivity contribution is 5.46. The monoisotopic (exact) mass is 239 g/mol. The second-order valence-corrected chi connectivity index (χ2v) is 4.68. The molecule has 2 nitrogen and oxygen atoms in total. The molecule has 92 valence electrons. The number of halogens is 2. The minimum Gasteiger partial charge on any atom is -0.490 e. The zero-order chi connectivity index (χ0) is 11.8. The molecule has 0 radical (unpaired) electrons. The van der Waals surface area contributed by atoms with E-state index in [1.54, 1.807) is 0 Å². The van der Waals surface area contributed by atoms with Crippen LogP contribution >= 0.6 is 0 Å². The van der Waals surface area contributed by atoms with Gasteiger partial charge in [-0.15, -0.1) is 0 Å². The van der Waals surface area contributed by atoms with E-state index in [0.29, 0.717) is 18.6 Å². The van der Waals surface area contributed by atoms with Gasteiger partial charge in [-0.05, 0) is 37.4 Å². The maximum Gasteiger partial charge on any atom is 0.168 e. The summed E-state index contributed by atoms with van der Waals surface area (Å²) < 4.78 is 32.8. The molecular weight excluding hydrogens is 224 g/mol. The van der Waals surface area contributed by atoms with Gasteiger partial charge in [-0.3, -0.25) is 0 Å². The second-order valence-electron chi connectivity index (χ2n) is 4.68. The Balaban J connectivity index is 2.06. The molecule has 1 aromatic carbocycles. The van der Waals surface area contributed by atoms with E-state index in [4.69, 9.17) is 4.74 Å². The van der Waals surface area contributed by atoms with Gasteiger partial charge in [-0.1, -0.05) is 0 Å². The molecule has 0 bridgehead atoms. The van der Waals surface area contributed by atoms with Gasteiger partial charge in [0.1, 0.15) is 5.82 Å². The molecule has 2 aliphatic rings. The van der Waals surface area contributed by atoms with Crippen LogP contribution in [0.15, 0.2) is 6.07 Å². The lowest BCUT2D eigenvalue weighted by Crippen LogP contribution is -2.27. The molecular formula is C13H15F2NO. The number of nitrogens with one attached hydrogen (secondary N) is 1. The fourth-order valence-electron chi connectivity index (χ4n) is 2.88. The van der Waals surface area contributed by atoms with Gasteiger partial charge in [0, 0.05) is 18.1 Å². The number of ether oxygens (including phenoxy) is 1. The minimum absolute atomic E-state index is 0.201. The van der Waals surface area contributed by atoms with Crippen molar-refractivity contribution in [3.63, 3.8) is 0 Å². The number of hydrogen-bond acceptors (Lipinski definition) is 2. The molecule has 1 saturated heterocycles. The second kappa shape index (κ2) is 4.26. The highest BCUT2D eigenvalue weighted by atomic mass is 19.1. The maximum atomic E-state index is 14.0. The summed E-state index contributed by atoms with van der Waals surface area (Å²) in [6.45, 7) is 2.27. The van der Waals surface area contributed by atoms with Gasteiger partial charge in [-0.25, -0.2) is 8.78 Å². The van der Waals surface area contributed by atoms with Crippen LogP contribution in [0.4, 0.5) is 8.78 Å². The summed E-state index contributed by atoms with van der Waals surface area (Å²) in [5.74, 6) is -0.487. The van der Waals surface area contributed by atoms with E-state index in [-0.39, 0.29) is 11.7 Å². The average Bonchev–Trinajstić information content (AvgIpc) is 2.79. The Morgan fingerprint density at radius 3 is 2.71 bits per heavy atom. The summed E-state index contributed by atoms with van der Waals surface area (Å²) in [4.78, 5) is 0. The Morgan fingerprint density at radius 1 is 1.18 bits per heavy atom. The molecule has 2 heterocycles. The van der Waals surface area contributed by atoms with Crippen LogP contribution in [0.2, 0.25) is 0 Å². The first-order chi connectivity index (χ1) is 8.27. The first-order valence-corrected chi connectivity index (χ1v) is 6.11. The van der Waals surface area contributed by atoms with E-state index >= 15 is 0 Å². The molecule has 17 heavy (non-hydrogen) atoms. The minimum atomic E-state index is -0.562. The van der Waals surface area contributed by atoms with E-state index in [2.05, 4.69) is 5.32 Å². The molecule has 0 amide bonds. The predicted octanol–water partition coefficient (Wildman–Crippen LogP) is 2.37. The fraction of sp³-hybridized carbons (Fsp3) is 0.538. The molecule has 2 aliphatic heterocycles. The number of benzene rings is 1. The van der Waals surface area contributed by atoms with Crippen molar-refractivity contribution < 1.29 is 13.5 Å². The summed E-state index contributed by atoms with van der Waals surface area (Å²) in [7, 11) is 0. The largest absolute Gasteiger partial charge is 0.490 e. The summed E-state index contributed by atoms with van der Waals surface area (Å²) in [6, 6.07) is 0.974. The van der Waals surface area contributed by atoms with Crippen LogP contribution in [-0.2, 0) is 6.42 Å². The highest BCUT2D eigenvalue weighted by Crippen LogP contribution is 2.39. The summed E-state index contributed by atoms with van der Waals surface area (Å²) in [5, 5.41) is 3.26. The predicted molar refractivity (Wildman–Crippen MR) is 60.4 cm³/mol. The van der Waals surface area contributed by atoms with Gasteiger partial charge in [0.05, 0.1) is 6.61 Å². The van der Waals surface area contributed by atoms with Gasteiger partial charge in [0.2, 0.25) is 0 Å². The van der Waals surface area contributed by atoms with Crippen LogP contribution in [0.5, 0.6) is 5.75 Å². The average molecular weight is 239 g/mol. The van der Waals surface area contributed by atoms with E-state index in [9.17, 15) is 8.78 Å². The maximum absolute atomic E-state index is 14.0. The van der Waals surface area contributed by atoms with Crippen molar-refractivity contribution in [1.82, 2.24) is 5.32 Å². The van der Waals surface area contributed by atoms with Gasteiger partial charge in [0.15, 0.2) is 11.6 Å². The number of fused-ring (bicyclic) bond motifs is 1. The van der Waals surface area contributed by atoms with E-state index in [1.165, 1.54) is 0 Å². The lowest BCUT2D eigenvalue weighted by molar-refractivity contribution is 0.338. The van der Waals surface area contributed by atoms with Crippen LogP contribution < -0.4 is 10.1 Å². The summed E-state index contributed by atoms with van der Waals surface area (Å²) in [6.07, 6.45) is 2.45. The fourth-order valence-corrected chi connectivity index (χ4v) is 2.88. The molecule has 4 heteroatoms. The Hall–Kier alpha value is -1.16. The molecule has 0 spiro atoms. The van der Waals surface area contributed by atoms with Gasteiger partial charge in [0.25, 0.3) is 0 Å². The standard InChI is InChI=1S/C13H15F2NO/c14-10-7-11(15)13-9(3-6-17-13)12(10)8-1-4-16-5-2-8/h7-8,16H,1-6H2. The van der Waals surface area contributed by atoms with E-state index < -0.39 is 11.6 Å². The smallest absolute Gasteiger partial charge is 0.168 e. The third kappa shape index (κ3) is 1.80. The molecule has 0 unspecified atom stereocenters. The Morgan fingerprint density at radius 2 is 1.94 bits per heavy atom. The van der Waals surface area contributed by atoms with E-state index in [0.717, 1.165) is 37.6 Å². The molecule has 0 aliphatic carbocycles. The summed E-state index contributed by atoms with van der Waals surface area (Å²) >= 11 is 0. The SMILES string of the molecule is Fc1cc(F)c(C2CCNCC2)c2c1OCC2. The van der Waals surface area contributed by atoms with Crippen molar-refractivity contribution in [3.05, 3.63) is 28.8 Å². The molecule has 1 fully saturated rings. The lowest BCUT2D eigenvalue weighted by atomic mass is 9.86. The van der Waals surface area contributed by atoms with Gasteiger partial charge < -0.3 is 10.1 Å². The zero-order valence-electron chi connectivity index (χ0n) is 9.56. The highest BCUT2D eigenvalue weighted by Gasteiger charge is 2.29. The van der Waals surface area contributed by atoms with Crippen LogP contribution in [0, 0.1) is 11.6 Å². The van der Waals surface area contributed by atoms with Crippen molar-refractivity contribution in [2.45, 2.75) is 25.2 Å². The van der Waals surface area contributed by atoms with Crippen LogP contribution in [-0.4, -0.2) is 19.7 Å². The van der Waals surface area contributed by atoms with Gasteiger partial charge in [-0.2, -0.15) is 0 Å². The summed E-state index contributed by atoms with van der Waals surface area (Å²) in [5.41, 5.74) is 1.45. The van der Waals surface area contributed by atoms with Crippen LogP contribution in [0.3, 0.4) is 0 Å². The molecule has 0 atom stereocenters. The molecule has 3 rings (SSSR count). The van der Waals surface area contributed by atoms with Crippen molar-refractivity contribution in [3.8, 4) is 5.75 Å². The third-order valence-electron chi connectivity index (χ3n) is 3.67. The first-order valence-electron chi connectivity index (χ1n) is 6.11. The quantitative estimate of drug-likeness (QED) is 0.812. The lowest BCUT2D eigenvalue weighted by Gasteiger charge is -2.25. The van der Waals surface area contributed by atoms with Crippen molar-refractivity contribution in [2.24, 2.45) is 0 Å². The Kier molecular flexibility index (Phi) is 2.74. The number of hydrogen-bond donors (Lipinski definition) is 1. The Bertz CT molecular complexity index is 442. The normalized spacial score (nSPS) is 20.1. The van der Waals surface area contributed by atoms with Crippen molar-refractivity contribution in [1.29, 1.82) is 0 Å². The van der Waals surface area contributed by atoms with Crippen molar-refractivity contribution >= 4 is 0 Å². The molecule has 0 saturated carbocycles. The third-order valence-corrected chi connectivity index (χ3v) is 3.67. The zero-order valence-corrected chi connectivity index (χ0v) is 9.56. The molecule has 0 aromatic heterocycles. The number of rotatable bonds is 1. The molecule has 1 N–H and O–H groups in total. The van der Waals surface area contributed by atoms with Gasteiger partial charge >= 0.3 is 0 Å². The topological polar surface area (TPSA) is 21.3 Å². The first kappa shape index (κ1) is 11.0.